The van der Waals surface area contributed by atoms with Gasteiger partial charge in [0.15, 0.2) is 0 Å². The Morgan fingerprint density at radius 2 is 2.12 bits per heavy atom. The number of aromatic nitrogens is 2. The number of nitrogens with zero attached hydrogens (tertiary/aromatic N) is 3. The molecule has 0 N–H and O–H groups in total. The Morgan fingerprint density at radius 1 is 1.41 bits per heavy atom. The summed E-state index contributed by atoms with van der Waals surface area (Å²) in [5.41, 5.74) is 0. The van der Waals surface area contributed by atoms with Crippen LogP contribution in [-0.2, 0) is 11.2 Å². The van der Waals surface area contributed by atoms with Crippen LogP contribution in [0.3, 0.4) is 0 Å². The van der Waals surface area contributed by atoms with E-state index in [2.05, 4.69) is 21.9 Å². The molecule has 0 radical (unpaired) electrons. The van der Waals surface area contributed by atoms with Crippen molar-refractivity contribution in [2.24, 2.45) is 0 Å². The third-order valence-corrected chi connectivity index (χ3v) is 3.34. The molecule has 17 heavy (non-hydrogen) atoms. The Balaban J connectivity index is 2.17. The summed E-state index contributed by atoms with van der Waals surface area (Å²) < 4.78 is 5.37. The molecular formula is C12H18ClN3O. The van der Waals surface area contributed by atoms with Crippen LogP contribution in [0.4, 0.5) is 5.82 Å². The molecule has 0 aromatic carbocycles. The zero-order valence-electron chi connectivity index (χ0n) is 10.3. The summed E-state index contributed by atoms with van der Waals surface area (Å²) >= 11 is 6.01. The fourth-order valence-electron chi connectivity index (χ4n) is 2.05. The van der Waals surface area contributed by atoms with Gasteiger partial charge in [-0.2, -0.15) is 0 Å². The van der Waals surface area contributed by atoms with Gasteiger partial charge < -0.3 is 9.64 Å². The van der Waals surface area contributed by atoms with Crippen LogP contribution in [0.25, 0.3) is 0 Å². The van der Waals surface area contributed by atoms with E-state index in [0.29, 0.717) is 11.2 Å². The van der Waals surface area contributed by atoms with E-state index in [1.807, 2.05) is 13.0 Å². The van der Waals surface area contributed by atoms with Crippen LogP contribution in [0.2, 0.25) is 5.15 Å². The lowest BCUT2D eigenvalue weighted by atomic mass is 10.1. The molecule has 1 saturated heterocycles. The van der Waals surface area contributed by atoms with Crippen molar-refractivity contribution in [2.75, 3.05) is 25.2 Å². The van der Waals surface area contributed by atoms with E-state index < -0.39 is 0 Å². The third-order valence-electron chi connectivity index (χ3n) is 3.14. The number of hydrogen-bond acceptors (Lipinski definition) is 4. The molecule has 2 rings (SSSR count). The van der Waals surface area contributed by atoms with E-state index >= 15 is 0 Å². The molecule has 1 aliphatic rings. The van der Waals surface area contributed by atoms with Gasteiger partial charge in [0.2, 0.25) is 0 Å². The molecule has 0 saturated carbocycles. The van der Waals surface area contributed by atoms with Gasteiger partial charge in [-0.3, -0.25) is 0 Å². The van der Waals surface area contributed by atoms with E-state index in [1.165, 1.54) is 0 Å². The Morgan fingerprint density at radius 3 is 2.76 bits per heavy atom. The van der Waals surface area contributed by atoms with Gasteiger partial charge in [0.25, 0.3) is 0 Å². The van der Waals surface area contributed by atoms with Gasteiger partial charge in [0, 0.05) is 38.8 Å². The Hall–Kier alpha value is -0.870. The summed E-state index contributed by atoms with van der Waals surface area (Å²) in [6.07, 6.45) is 2.88. The molecule has 0 spiro atoms. The maximum Gasteiger partial charge on any atom is 0.134 e. The van der Waals surface area contributed by atoms with Gasteiger partial charge in [-0.1, -0.05) is 18.5 Å². The molecule has 0 unspecified atom stereocenters. The highest BCUT2D eigenvalue weighted by Crippen LogP contribution is 2.21. The van der Waals surface area contributed by atoms with Gasteiger partial charge in [0.05, 0.1) is 0 Å². The second-order valence-electron chi connectivity index (χ2n) is 4.27. The van der Waals surface area contributed by atoms with Crippen LogP contribution in [0.5, 0.6) is 0 Å². The Kier molecular flexibility index (Phi) is 4.18. The normalized spacial score (nSPS) is 17.1. The maximum atomic E-state index is 6.01. The fraction of sp³-hybridized carbons (Fsp3) is 0.667. The zero-order valence-corrected chi connectivity index (χ0v) is 11.1. The van der Waals surface area contributed by atoms with Crippen LogP contribution in [0.1, 0.15) is 25.6 Å². The van der Waals surface area contributed by atoms with E-state index in [4.69, 9.17) is 16.3 Å². The Bertz CT molecular complexity index is 380. The standard InChI is InChI=1S/C12H18ClN3O/c1-3-11-14-10(13)8-12(15-11)16(2)9-4-6-17-7-5-9/h8-9H,3-7H2,1-2H3. The molecule has 0 amide bonds. The first-order chi connectivity index (χ1) is 8.20. The first-order valence-electron chi connectivity index (χ1n) is 6.04. The lowest BCUT2D eigenvalue weighted by molar-refractivity contribution is 0.0853. The number of rotatable bonds is 3. The van der Waals surface area contributed by atoms with Crippen molar-refractivity contribution >= 4 is 17.4 Å². The quantitative estimate of drug-likeness (QED) is 0.777. The highest BCUT2D eigenvalue weighted by atomic mass is 35.5. The molecule has 5 heteroatoms. The number of halogens is 1. The van der Waals surface area contributed by atoms with Crippen LogP contribution in [0, 0.1) is 0 Å². The number of aryl methyl sites for hydroxylation is 1. The van der Waals surface area contributed by atoms with Gasteiger partial charge in [-0.25, -0.2) is 9.97 Å². The van der Waals surface area contributed by atoms with Crippen molar-refractivity contribution in [1.82, 2.24) is 9.97 Å². The van der Waals surface area contributed by atoms with Crippen LogP contribution in [-0.4, -0.2) is 36.3 Å². The average Bonchev–Trinajstić information content (AvgIpc) is 2.38. The summed E-state index contributed by atoms with van der Waals surface area (Å²) in [5, 5.41) is 0.519. The molecule has 0 bridgehead atoms. The third kappa shape index (κ3) is 3.07. The van der Waals surface area contributed by atoms with E-state index in [9.17, 15) is 0 Å². The summed E-state index contributed by atoms with van der Waals surface area (Å²) in [4.78, 5) is 10.9. The van der Waals surface area contributed by atoms with Crippen molar-refractivity contribution in [3.05, 3.63) is 17.0 Å². The van der Waals surface area contributed by atoms with Crippen molar-refractivity contribution in [3.8, 4) is 0 Å². The smallest absolute Gasteiger partial charge is 0.134 e. The minimum absolute atomic E-state index is 0.486. The number of hydrogen-bond donors (Lipinski definition) is 0. The van der Waals surface area contributed by atoms with Crippen molar-refractivity contribution in [2.45, 2.75) is 32.2 Å². The molecule has 1 aromatic heterocycles. The van der Waals surface area contributed by atoms with Crippen molar-refractivity contribution in [1.29, 1.82) is 0 Å². The predicted molar refractivity (Wildman–Crippen MR) is 68.7 cm³/mol. The van der Waals surface area contributed by atoms with E-state index in [0.717, 1.165) is 44.1 Å². The van der Waals surface area contributed by atoms with Crippen molar-refractivity contribution < 1.29 is 4.74 Å². The maximum absolute atomic E-state index is 6.01. The van der Waals surface area contributed by atoms with Crippen LogP contribution >= 0.6 is 11.6 Å². The molecular weight excluding hydrogens is 238 g/mol. The minimum atomic E-state index is 0.486. The summed E-state index contributed by atoms with van der Waals surface area (Å²) in [6, 6.07) is 2.32. The summed E-state index contributed by atoms with van der Waals surface area (Å²) in [5.74, 6) is 1.71. The van der Waals surface area contributed by atoms with Crippen LogP contribution in [0.15, 0.2) is 6.07 Å². The van der Waals surface area contributed by atoms with E-state index in [1.54, 1.807) is 0 Å². The second kappa shape index (κ2) is 5.65. The first-order valence-corrected chi connectivity index (χ1v) is 6.42. The molecule has 1 fully saturated rings. The molecule has 0 atom stereocenters. The Labute approximate surface area is 107 Å². The minimum Gasteiger partial charge on any atom is -0.381 e. The van der Waals surface area contributed by atoms with Gasteiger partial charge in [0.1, 0.15) is 16.8 Å². The molecule has 0 aliphatic carbocycles. The summed E-state index contributed by atoms with van der Waals surface area (Å²) in [7, 11) is 2.06. The average molecular weight is 256 g/mol. The highest BCUT2D eigenvalue weighted by molar-refractivity contribution is 6.29. The van der Waals surface area contributed by atoms with Gasteiger partial charge in [-0.05, 0) is 12.8 Å². The van der Waals surface area contributed by atoms with Gasteiger partial charge >= 0.3 is 0 Å². The van der Waals surface area contributed by atoms with Gasteiger partial charge in [-0.15, -0.1) is 0 Å². The number of anilines is 1. The molecule has 94 valence electrons. The molecule has 2 heterocycles. The largest absolute Gasteiger partial charge is 0.381 e. The first kappa shape index (κ1) is 12.6. The fourth-order valence-corrected chi connectivity index (χ4v) is 2.25. The lowest BCUT2D eigenvalue weighted by Crippen LogP contribution is -2.37. The van der Waals surface area contributed by atoms with E-state index in [-0.39, 0.29) is 0 Å². The monoisotopic (exact) mass is 255 g/mol. The molecule has 1 aliphatic heterocycles. The topological polar surface area (TPSA) is 38.2 Å². The predicted octanol–water partition coefficient (Wildman–Crippen LogP) is 2.31. The van der Waals surface area contributed by atoms with Crippen molar-refractivity contribution in [3.63, 3.8) is 0 Å². The highest BCUT2D eigenvalue weighted by Gasteiger charge is 2.20. The summed E-state index contributed by atoms with van der Waals surface area (Å²) in [6.45, 7) is 3.69. The lowest BCUT2D eigenvalue weighted by Gasteiger charge is -2.32. The molecule has 4 nitrogen and oxygen atoms in total. The zero-order chi connectivity index (χ0) is 12.3. The second-order valence-corrected chi connectivity index (χ2v) is 4.66. The number of ether oxygens (including phenoxy) is 1. The SMILES string of the molecule is CCc1nc(Cl)cc(N(C)C2CCOCC2)n1. The molecule has 1 aromatic rings. The van der Waals surface area contributed by atoms with Crippen LogP contribution < -0.4 is 4.90 Å².